The molecule has 1 N–H and O–H groups in total. The second-order valence-corrected chi connectivity index (χ2v) is 4.82. The second kappa shape index (κ2) is 6.86. The van der Waals surface area contributed by atoms with Crippen molar-refractivity contribution in [2.45, 2.75) is 32.7 Å². The third-order valence-electron chi connectivity index (χ3n) is 2.39. The van der Waals surface area contributed by atoms with E-state index in [0.29, 0.717) is 12.6 Å². The zero-order valence-electron chi connectivity index (χ0n) is 10.1. The number of hydrogen-bond donors (Lipinski definition) is 1. The van der Waals surface area contributed by atoms with Crippen LogP contribution in [-0.2, 0) is 4.74 Å². The molecule has 1 aromatic rings. The van der Waals surface area contributed by atoms with Gasteiger partial charge in [-0.15, -0.1) is 0 Å². The largest absolute Gasteiger partial charge is 0.383 e. The van der Waals surface area contributed by atoms with E-state index in [-0.39, 0.29) is 0 Å². The minimum atomic E-state index is 0.336. The highest BCUT2D eigenvalue weighted by molar-refractivity contribution is 9.10. The van der Waals surface area contributed by atoms with Crippen LogP contribution >= 0.6 is 15.9 Å². The van der Waals surface area contributed by atoms with Crippen molar-refractivity contribution in [1.82, 2.24) is 4.98 Å². The Bertz CT molecular complexity index is 325. The fraction of sp³-hybridized carbons (Fsp3) is 0.583. The zero-order valence-corrected chi connectivity index (χ0v) is 11.7. The maximum atomic E-state index is 5.19. The number of pyridine rings is 1. The van der Waals surface area contributed by atoms with E-state index in [9.17, 15) is 0 Å². The molecule has 1 atom stereocenters. The van der Waals surface area contributed by atoms with E-state index in [1.807, 2.05) is 6.20 Å². The number of methoxy groups -OCH3 is 1. The molecule has 1 unspecified atom stereocenters. The van der Waals surface area contributed by atoms with Gasteiger partial charge in [0.25, 0.3) is 0 Å². The van der Waals surface area contributed by atoms with Gasteiger partial charge in [0.15, 0.2) is 0 Å². The maximum absolute atomic E-state index is 5.19. The Morgan fingerprint density at radius 2 is 2.31 bits per heavy atom. The Kier molecular flexibility index (Phi) is 5.77. The van der Waals surface area contributed by atoms with Crippen LogP contribution < -0.4 is 5.32 Å². The fourth-order valence-electron chi connectivity index (χ4n) is 1.63. The Morgan fingerprint density at radius 1 is 1.56 bits per heavy atom. The summed E-state index contributed by atoms with van der Waals surface area (Å²) in [6.45, 7) is 4.94. The molecule has 0 saturated carbocycles. The first-order valence-corrected chi connectivity index (χ1v) is 6.34. The van der Waals surface area contributed by atoms with Crippen LogP contribution in [0.1, 0.15) is 25.3 Å². The van der Waals surface area contributed by atoms with Crippen LogP contribution in [0.25, 0.3) is 0 Å². The van der Waals surface area contributed by atoms with Gasteiger partial charge in [-0.2, -0.15) is 0 Å². The number of nitrogens with one attached hydrogen (secondary N) is 1. The third-order valence-corrected chi connectivity index (χ3v) is 2.82. The van der Waals surface area contributed by atoms with Gasteiger partial charge in [-0.3, -0.25) is 0 Å². The molecule has 0 aliphatic heterocycles. The molecule has 3 nitrogen and oxygen atoms in total. The van der Waals surface area contributed by atoms with Gasteiger partial charge in [-0.1, -0.05) is 13.3 Å². The van der Waals surface area contributed by atoms with Crippen molar-refractivity contribution >= 4 is 21.7 Å². The first kappa shape index (κ1) is 13.5. The Balaban J connectivity index is 2.68. The Morgan fingerprint density at radius 3 is 2.88 bits per heavy atom. The molecular weight excluding hydrogens is 268 g/mol. The van der Waals surface area contributed by atoms with E-state index < -0.39 is 0 Å². The number of rotatable bonds is 6. The van der Waals surface area contributed by atoms with Crippen LogP contribution in [0.15, 0.2) is 16.7 Å². The van der Waals surface area contributed by atoms with Crippen molar-refractivity contribution in [3.8, 4) is 0 Å². The fourth-order valence-corrected chi connectivity index (χ4v) is 2.08. The molecule has 0 aliphatic carbocycles. The minimum absolute atomic E-state index is 0.336. The summed E-state index contributed by atoms with van der Waals surface area (Å²) in [6.07, 6.45) is 4.03. The summed E-state index contributed by atoms with van der Waals surface area (Å²) in [5, 5.41) is 3.42. The standard InChI is InChI=1S/C12H19BrN2O/c1-4-5-11(8-16-3)15-12-9(2)6-10(13)7-14-12/h6-7,11H,4-5,8H2,1-3H3,(H,14,15). The highest BCUT2D eigenvalue weighted by Crippen LogP contribution is 2.18. The lowest BCUT2D eigenvalue weighted by molar-refractivity contribution is 0.182. The normalized spacial score (nSPS) is 12.5. The van der Waals surface area contributed by atoms with Gasteiger partial charge >= 0.3 is 0 Å². The number of hydrogen-bond acceptors (Lipinski definition) is 3. The summed E-state index contributed by atoms with van der Waals surface area (Å²) < 4.78 is 6.20. The third kappa shape index (κ3) is 4.10. The van der Waals surface area contributed by atoms with Crippen molar-refractivity contribution in [1.29, 1.82) is 0 Å². The number of anilines is 1. The molecule has 0 saturated heterocycles. The van der Waals surface area contributed by atoms with Gasteiger partial charge in [0.1, 0.15) is 5.82 Å². The van der Waals surface area contributed by atoms with E-state index in [1.165, 1.54) is 0 Å². The molecule has 1 aromatic heterocycles. The zero-order chi connectivity index (χ0) is 12.0. The maximum Gasteiger partial charge on any atom is 0.129 e. The number of aryl methyl sites for hydroxylation is 1. The van der Waals surface area contributed by atoms with Crippen LogP contribution in [0, 0.1) is 6.92 Å². The number of nitrogens with zero attached hydrogens (tertiary/aromatic N) is 1. The highest BCUT2D eigenvalue weighted by Gasteiger charge is 2.09. The molecule has 0 bridgehead atoms. The first-order valence-electron chi connectivity index (χ1n) is 5.55. The Hall–Kier alpha value is -0.610. The molecule has 0 amide bonds. The van der Waals surface area contributed by atoms with E-state index >= 15 is 0 Å². The quantitative estimate of drug-likeness (QED) is 0.871. The van der Waals surface area contributed by atoms with Gasteiger partial charge in [-0.05, 0) is 40.9 Å². The second-order valence-electron chi connectivity index (χ2n) is 3.90. The summed E-state index contributed by atoms with van der Waals surface area (Å²) in [5.74, 6) is 0.943. The van der Waals surface area contributed by atoms with Crippen molar-refractivity contribution in [2.75, 3.05) is 19.0 Å². The van der Waals surface area contributed by atoms with Crippen molar-refractivity contribution in [2.24, 2.45) is 0 Å². The summed E-state index contributed by atoms with van der Waals surface area (Å²) in [6, 6.07) is 2.40. The molecule has 16 heavy (non-hydrogen) atoms. The van der Waals surface area contributed by atoms with Crippen molar-refractivity contribution in [3.63, 3.8) is 0 Å². The van der Waals surface area contributed by atoms with Crippen molar-refractivity contribution < 1.29 is 4.74 Å². The average Bonchev–Trinajstić information content (AvgIpc) is 2.23. The summed E-state index contributed by atoms with van der Waals surface area (Å²) in [4.78, 5) is 4.37. The smallest absolute Gasteiger partial charge is 0.129 e. The lowest BCUT2D eigenvalue weighted by Gasteiger charge is -2.19. The molecule has 90 valence electrons. The average molecular weight is 287 g/mol. The summed E-state index contributed by atoms with van der Waals surface area (Å²) in [7, 11) is 1.73. The molecule has 0 aromatic carbocycles. The van der Waals surface area contributed by atoms with Crippen LogP contribution in [0.2, 0.25) is 0 Å². The van der Waals surface area contributed by atoms with Gasteiger partial charge in [0, 0.05) is 17.8 Å². The predicted octanol–water partition coefficient (Wildman–Crippen LogP) is 3.38. The van der Waals surface area contributed by atoms with Gasteiger partial charge < -0.3 is 10.1 Å². The van der Waals surface area contributed by atoms with Gasteiger partial charge in [-0.25, -0.2) is 4.98 Å². The minimum Gasteiger partial charge on any atom is -0.383 e. The molecule has 4 heteroatoms. The van der Waals surface area contributed by atoms with E-state index in [1.54, 1.807) is 7.11 Å². The van der Waals surface area contributed by atoms with Crippen LogP contribution in [0.4, 0.5) is 5.82 Å². The lowest BCUT2D eigenvalue weighted by atomic mass is 10.1. The number of aromatic nitrogens is 1. The van der Waals surface area contributed by atoms with Crippen LogP contribution in [-0.4, -0.2) is 24.7 Å². The molecule has 0 radical (unpaired) electrons. The van der Waals surface area contributed by atoms with Gasteiger partial charge in [0.2, 0.25) is 0 Å². The predicted molar refractivity (Wildman–Crippen MR) is 70.9 cm³/mol. The lowest BCUT2D eigenvalue weighted by Crippen LogP contribution is -2.25. The molecule has 0 aliphatic rings. The molecule has 0 fully saturated rings. The topological polar surface area (TPSA) is 34.1 Å². The van der Waals surface area contributed by atoms with Crippen LogP contribution in [0.5, 0.6) is 0 Å². The van der Waals surface area contributed by atoms with E-state index in [4.69, 9.17) is 4.74 Å². The summed E-state index contributed by atoms with van der Waals surface area (Å²) >= 11 is 3.41. The van der Waals surface area contributed by atoms with Gasteiger partial charge in [0.05, 0.1) is 12.6 Å². The first-order chi connectivity index (χ1) is 7.67. The Labute approximate surface area is 106 Å². The van der Waals surface area contributed by atoms with E-state index in [0.717, 1.165) is 28.7 Å². The van der Waals surface area contributed by atoms with E-state index in [2.05, 4.69) is 46.1 Å². The SMILES string of the molecule is CCCC(COC)Nc1ncc(Br)cc1C. The molecule has 0 spiro atoms. The molecular formula is C12H19BrN2O. The van der Waals surface area contributed by atoms with Crippen LogP contribution in [0.3, 0.4) is 0 Å². The summed E-state index contributed by atoms with van der Waals surface area (Å²) in [5.41, 5.74) is 1.14. The molecule has 1 rings (SSSR count). The monoisotopic (exact) mass is 286 g/mol. The highest BCUT2D eigenvalue weighted by atomic mass is 79.9. The molecule has 1 heterocycles. The number of halogens is 1. The van der Waals surface area contributed by atoms with Crippen molar-refractivity contribution in [3.05, 3.63) is 22.3 Å². The number of ether oxygens (including phenoxy) is 1.